The lowest BCUT2D eigenvalue weighted by atomic mass is 10.2. The van der Waals surface area contributed by atoms with Gasteiger partial charge in [0.2, 0.25) is 0 Å². The summed E-state index contributed by atoms with van der Waals surface area (Å²) in [6, 6.07) is 14.4. The maximum absolute atomic E-state index is 10.9. The Morgan fingerprint density at radius 1 is 1.08 bits per heavy atom. The molecule has 3 rings (SSSR count). The molecule has 0 unspecified atom stereocenters. The van der Waals surface area contributed by atoms with Gasteiger partial charge in [-0.2, -0.15) is 0 Å². The van der Waals surface area contributed by atoms with E-state index in [2.05, 4.69) is 22.5 Å². The average Bonchev–Trinajstić information content (AvgIpc) is 2.89. The van der Waals surface area contributed by atoms with Crippen LogP contribution in [0, 0.1) is 20.8 Å². The lowest BCUT2D eigenvalue weighted by molar-refractivity contribution is 0.0697. The maximum Gasteiger partial charge on any atom is 0.335 e. The second-order valence-electron chi connectivity index (χ2n) is 6.20. The van der Waals surface area contributed by atoms with E-state index in [9.17, 15) is 4.79 Å². The number of aryl methyl sites for hydroxylation is 2. The van der Waals surface area contributed by atoms with Crippen LogP contribution in [0.4, 0.5) is 5.69 Å². The first kappa shape index (κ1) is 18.0. The third kappa shape index (κ3) is 3.55. The summed E-state index contributed by atoms with van der Waals surface area (Å²) in [7, 11) is 0. The molecule has 0 radical (unpaired) electrons. The van der Waals surface area contributed by atoms with E-state index in [1.54, 1.807) is 30.5 Å². The van der Waals surface area contributed by atoms with E-state index in [1.165, 1.54) is 0 Å². The summed E-state index contributed by atoms with van der Waals surface area (Å²) in [6.45, 7) is 6.15. The van der Waals surface area contributed by atoms with Gasteiger partial charge in [0, 0.05) is 33.9 Å². The number of carbonyl (C=O) groups is 1. The number of carboxylic acids is 1. The highest BCUT2D eigenvalue weighted by Crippen LogP contribution is 2.25. The summed E-state index contributed by atoms with van der Waals surface area (Å²) >= 11 is 6.17. The van der Waals surface area contributed by atoms with Crippen LogP contribution in [0.1, 0.15) is 32.9 Å². The monoisotopic (exact) mass is 366 g/mol. The lowest BCUT2D eigenvalue weighted by Crippen LogP contribution is -2.02. The molecule has 0 saturated carbocycles. The van der Waals surface area contributed by atoms with Crippen molar-refractivity contribution in [2.45, 2.75) is 20.8 Å². The molecule has 0 aliphatic rings. The normalized spacial score (nSPS) is 11.2. The minimum atomic E-state index is -0.944. The topological polar surface area (TPSA) is 54.6 Å². The Bertz CT molecular complexity index is 1000. The molecular formula is C21H19ClN2O2. The average molecular weight is 367 g/mol. The summed E-state index contributed by atoms with van der Waals surface area (Å²) in [6.07, 6.45) is 1.80. The van der Waals surface area contributed by atoms with Crippen molar-refractivity contribution in [2.24, 2.45) is 4.99 Å². The van der Waals surface area contributed by atoms with Crippen molar-refractivity contribution in [3.05, 3.63) is 81.6 Å². The molecule has 0 saturated heterocycles. The van der Waals surface area contributed by atoms with Gasteiger partial charge in [-0.3, -0.25) is 4.99 Å². The zero-order valence-electron chi connectivity index (χ0n) is 14.8. The van der Waals surface area contributed by atoms with Crippen molar-refractivity contribution in [3.8, 4) is 5.69 Å². The van der Waals surface area contributed by atoms with Crippen LogP contribution in [-0.2, 0) is 0 Å². The first-order valence-electron chi connectivity index (χ1n) is 8.19. The Hall–Kier alpha value is -2.85. The van der Waals surface area contributed by atoms with Gasteiger partial charge in [0.15, 0.2) is 0 Å². The molecule has 1 N–H and O–H groups in total. The lowest BCUT2D eigenvalue weighted by Gasteiger charge is -2.13. The molecule has 0 atom stereocenters. The van der Waals surface area contributed by atoms with E-state index in [-0.39, 0.29) is 5.56 Å². The van der Waals surface area contributed by atoms with Gasteiger partial charge in [-0.25, -0.2) is 4.79 Å². The van der Waals surface area contributed by atoms with Gasteiger partial charge in [0.1, 0.15) is 0 Å². The highest BCUT2D eigenvalue weighted by Gasteiger charge is 2.12. The van der Waals surface area contributed by atoms with Gasteiger partial charge in [-0.15, -0.1) is 0 Å². The van der Waals surface area contributed by atoms with E-state index >= 15 is 0 Å². The molecule has 1 heterocycles. The van der Waals surface area contributed by atoms with Gasteiger partial charge in [-0.1, -0.05) is 17.7 Å². The van der Waals surface area contributed by atoms with Crippen molar-refractivity contribution in [2.75, 3.05) is 0 Å². The number of aromatic nitrogens is 1. The van der Waals surface area contributed by atoms with Crippen LogP contribution in [0.3, 0.4) is 0 Å². The van der Waals surface area contributed by atoms with E-state index in [4.69, 9.17) is 16.7 Å². The smallest absolute Gasteiger partial charge is 0.335 e. The van der Waals surface area contributed by atoms with Crippen LogP contribution >= 0.6 is 11.6 Å². The Morgan fingerprint density at radius 2 is 1.77 bits per heavy atom. The van der Waals surface area contributed by atoms with Gasteiger partial charge in [0.25, 0.3) is 0 Å². The van der Waals surface area contributed by atoms with Gasteiger partial charge < -0.3 is 9.67 Å². The molecular weight excluding hydrogens is 348 g/mol. The molecule has 0 aliphatic heterocycles. The van der Waals surface area contributed by atoms with Crippen LogP contribution in [0.15, 0.2) is 53.5 Å². The van der Waals surface area contributed by atoms with E-state index in [1.807, 2.05) is 32.0 Å². The third-order valence-corrected chi connectivity index (χ3v) is 4.58. The SMILES string of the molecule is Cc1ccc(Cl)cc1-n1c(C)cc(C=Nc2ccc(C(=O)O)cc2)c1C. The first-order valence-corrected chi connectivity index (χ1v) is 8.57. The number of aromatic carboxylic acids is 1. The third-order valence-electron chi connectivity index (χ3n) is 4.35. The summed E-state index contributed by atoms with van der Waals surface area (Å²) in [4.78, 5) is 15.4. The fourth-order valence-corrected chi connectivity index (χ4v) is 3.11. The van der Waals surface area contributed by atoms with Gasteiger partial charge in [-0.05, 0) is 68.8 Å². The predicted octanol–water partition coefficient (Wildman–Crippen LogP) is 5.50. The molecule has 0 amide bonds. The molecule has 2 aromatic carbocycles. The number of hydrogen-bond donors (Lipinski definition) is 1. The van der Waals surface area contributed by atoms with Crippen LogP contribution in [-0.4, -0.2) is 21.9 Å². The highest BCUT2D eigenvalue weighted by molar-refractivity contribution is 6.30. The predicted molar refractivity (Wildman–Crippen MR) is 106 cm³/mol. The summed E-state index contributed by atoms with van der Waals surface area (Å²) in [5.74, 6) is -0.944. The zero-order chi connectivity index (χ0) is 18.8. The minimum Gasteiger partial charge on any atom is -0.478 e. The summed E-state index contributed by atoms with van der Waals surface area (Å²) in [5.41, 5.74) is 6.32. The second kappa shape index (κ2) is 7.18. The van der Waals surface area contributed by atoms with Crippen molar-refractivity contribution in [1.29, 1.82) is 0 Å². The van der Waals surface area contributed by atoms with Crippen LogP contribution < -0.4 is 0 Å². The number of nitrogens with zero attached hydrogens (tertiary/aromatic N) is 2. The summed E-state index contributed by atoms with van der Waals surface area (Å²) < 4.78 is 2.16. The fraction of sp³-hybridized carbons (Fsp3) is 0.143. The number of carboxylic acid groups (broad SMARTS) is 1. The van der Waals surface area contributed by atoms with Crippen LogP contribution in [0.5, 0.6) is 0 Å². The van der Waals surface area contributed by atoms with E-state index in [0.29, 0.717) is 10.7 Å². The molecule has 3 aromatic rings. The Kier molecular flexibility index (Phi) is 4.96. The van der Waals surface area contributed by atoms with Crippen LogP contribution in [0.25, 0.3) is 5.69 Å². The van der Waals surface area contributed by atoms with Gasteiger partial charge >= 0.3 is 5.97 Å². The van der Waals surface area contributed by atoms with E-state index in [0.717, 1.165) is 28.2 Å². The summed E-state index contributed by atoms with van der Waals surface area (Å²) in [5, 5.41) is 9.65. The largest absolute Gasteiger partial charge is 0.478 e. The number of halogens is 1. The number of hydrogen-bond acceptors (Lipinski definition) is 2. The van der Waals surface area contributed by atoms with Crippen molar-refractivity contribution < 1.29 is 9.90 Å². The molecule has 1 aromatic heterocycles. The molecule has 0 bridgehead atoms. The number of benzene rings is 2. The van der Waals surface area contributed by atoms with Crippen molar-refractivity contribution in [3.63, 3.8) is 0 Å². The minimum absolute atomic E-state index is 0.249. The molecule has 0 aliphatic carbocycles. The number of aliphatic imine (C=N–C) groups is 1. The Balaban J connectivity index is 1.95. The first-order chi connectivity index (χ1) is 12.4. The Morgan fingerprint density at radius 3 is 2.42 bits per heavy atom. The highest BCUT2D eigenvalue weighted by atomic mass is 35.5. The molecule has 26 heavy (non-hydrogen) atoms. The van der Waals surface area contributed by atoms with Gasteiger partial charge in [0.05, 0.1) is 11.3 Å². The van der Waals surface area contributed by atoms with E-state index < -0.39 is 5.97 Å². The second-order valence-corrected chi connectivity index (χ2v) is 6.64. The Labute approximate surface area is 157 Å². The molecule has 0 fully saturated rings. The fourth-order valence-electron chi connectivity index (χ4n) is 2.95. The molecule has 0 spiro atoms. The van der Waals surface area contributed by atoms with Crippen molar-refractivity contribution >= 4 is 29.5 Å². The quantitative estimate of drug-likeness (QED) is 0.619. The maximum atomic E-state index is 10.9. The van der Waals surface area contributed by atoms with Crippen molar-refractivity contribution in [1.82, 2.24) is 4.57 Å². The molecule has 5 heteroatoms. The molecule has 4 nitrogen and oxygen atoms in total. The standard InChI is InChI=1S/C21H19ClN2O2/c1-13-4-7-18(22)11-20(13)24-14(2)10-17(15(24)3)12-23-19-8-5-16(6-9-19)21(25)26/h4-12H,1-3H3,(H,25,26). The zero-order valence-corrected chi connectivity index (χ0v) is 15.6. The molecule has 132 valence electrons. The number of rotatable bonds is 4. The van der Waals surface area contributed by atoms with Crippen LogP contribution in [0.2, 0.25) is 5.02 Å².